The van der Waals surface area contributed by atoms with Gasteiger partial charge in [0.25, 0.3) is 10.0 Å². The van der Waals surface area contributed by atoms with Gasteiger partial charge in [0.05, 0.1) is 11.6 Å². The Morgan fingerprint density at radius 2 is 2.20 bits per heavy atom. The Bertz CT molecular complexity index is 732. The van der Waals surface area contributed by atoms with Gasteiger partial charge >= 0.3 is 5.97 Å². The van der Waals surface area contributed by atoms with Crippen molar-refractivity contribution in [1.82, 2.24) is 9.71 Å². The summed E-state index contributed by atoms with van der Waals surface area (Å²) in [7, 11) is -3.74. The van der Waals surface area contributed by atoms with Crippen molar-refractivity contribution in [1.29, 1.82) is 0 Å². The summed E-state index contributed by atoms with van der Waals surface area (Å²) < 4.78 is 26.8. The van der Waals surface area contributed by atoms with Gasteiger partial charge in [0.1, 0.15) is 9.22 Å². The first kappa shape index (κ1) is 15.1. The maximum absolute atomic E-state index is 12.1. The van der Waals surface area contributed by atoms with Crippen LogP contribution in [-0.2, 0) is 10.0 Å². The number of nitrogens with zero attached hydrogens (tertiary/aromatic N) is 1. The molecule has 0 spiro atoms. The maximum Gasteiger partial charge on any atom is 0.336 e. The first-order valence-corrected chi connectivity index (χ1v) is 8.74. The number of rotatable bonds is 5. The summed E-state index contributed by atoms with van der Waals surface area (Å²) in [5.41, 5.74) is -0.0341. The van der Waals surface area contributed by atoms with Crippen LogP contribution in [0.4, 0.5) is 0 Å². The van der Waals surface area contributed by atoms with Crippen LogP contribution in [-0.4, -0.2) is 24.5 Å². The van der Waals surface area contributed by atoms with Crippen LogP contribution in [0.15, 0.2) is 21.9 Å². The van der Waals surface area contributed by atoms with E-state index in [-0.39, 0.29) is 9.77 Å². The van der Waals surface area contributed by atoms with Gasteiger partial charge in [-0.25, -0.2) is 22.9 Å². The van der Waals surface area contributed by atoms with Crippen LogP contribution in [0, 0.1) is 6.92 Å². The molecule has 0 aliphatic rings. The number of aryl methyl sites for hydroxylation is 1. The lowest BCUT2D eigenvalue weighted by molar-refractivity contribution is 0.0697. The summed E-state index contributed by atoms with van der Waals surface area (Å²) in [5, 5.41) is 10.8. The van der Waals surface area contributed by atoms with Gasteiger partial charge in [-0.2, -0.15) is 0 Å². The van der Waals surface area contributed by atoms with Gasteiger partial charge < -0.3 is 5.11 Å². The Balaban J connectivity index is 2.20. The largest absolute Gasteiger partial charge is 0.478 e. The molecule has 108 valence electrons. The number of carbonyl (C=O) groups is 1. The minimum atomic E-state index is -3.74. The molecule has 0 saturated carbocycles. The van der Waals surface area contributed by atoms with E-state index < -0.39 is 22.0 Å². The molecular formula is C11H12N2O4S3. The number of hydrogen-bond acceptors (Lipinski definition) is 6. The van der Waals surface area contributed by atoms with Crippen molar-refractivity contribution in [2.24, 2.45) is 0 Å². The number of carboxylic acids is 1. The van der Waals surface area contributed by atoms with E-state index in [4.69, 9.17) is 5.11 Å². The van der Waals surface area contributed by atoms with Crippen molar-refractivity contribution in [3.8, 4) is 0 Å². The fraction of sp³-hybridized carbons (Fsp3) is 0.273. The second-order valence-electron chi connectivity index (χ2n) is 4.11. The van der Waals surface area contributed by atoms with Gasteiger partial charge in [0.2, 0.25) is 0 Å². The smallest absolute Gasteiger partial charge is 0.336 e. The van der Waals surface area contributed by atoms with Crippen molar-refractivity contribution in [3.63, 3.8) is 0 Å². The van der Waals surface area contributed by atoms with Crippen molar-refractivity contribution in [2.45, 2.75) is 24.1 Å². The highest BCUT2D eigenvalue weighted by atomic mass is 32.2. The number of aromatic carboxylic acids is 1. The van der Waals surface area contributed by atoms with E-state index in [0.29, 0.717) is 5.01 Å². The monoisotopic (exact) mass is 332 g/mol. The fourth-order valence-corrected chi connectivity index (χ4v) is 4.71. The van der Waals surface area contributed by atoms with E-state index in [1.165, 1.54) is 16.7 Å². The molecule has 2 heterocycles. The lowest BCUT2D eigenvalue weighted by atomic mass is 10.4. The summed E-state index contributed by atoms with van der Waals surface area (Å²) in [4.78, 5) is 15.9. The van der Waals surface area contributed by atoms with Crippen LogP contribution in [0.3, 0.4) is 0 Å². The molecule has 0 saturated heterocycles. The van der Waals surface area contributed by atoms with E-state index in [2.05, 4.69) is 9.71 Å². The quantitative estimate of drug-likeness (QED) is 0.875. The van der Waals surface area contributed by atoms with Gasteiger partial charge in [-0.15, -0.1) is 22.7 Å². The summed E-state index contributed by atoms with van der Waals surface area (Å²) in [5.74, 6) is -1.15. The molecule has 2 rings (SSSR count). The highest BCUT2D eigenvalue weighted by Gasteiger charge is 2.22. The molecule has 2 aromatic heterocycles. The SMILES string of the molecule is Cc1cnc(C(C)NS(=O)(=O)c2cc(C(=O)O)cs2)s1. The van der Waals surface area contributed by atoms with Crippen molar-refractivity contribution >= 4 is 38.7 Å². The van der Waals surface area contributed by atoms with Crippen molar-refractivity contribution < 1.29 is 18.3 Å². The number of carboxylic acid groups (broad SMARTS) is 1. The van der Waals surface area contributed by atoms with Crippen molar-refractivity contribution in [2.75, 3.05) is 0 Å². The second-order valence-corrected chi connectivity index (χ2v) is 8.23. The first-order chi connectivity index (χ1) is 9.29. The second kappa shape index (κ2) is 5.60. The molecule has 0 fully saturated rings. The fourth-order valence-electron chi connectivity index (χ4n) is 1.48. The zero-order chi connectivity index (χ0) is 14.9. The zero-order valence-corrected chi connectivity index (χ0v) is 13.1. The minimum Gasteiger partial charge on any atom is -0.478 e. The Kier molecular flexibility index (Phi) is 4.23. The predicted molar refractivity (Wildman–Crippen MR) is 76.9 cm³/mol. The Morgan fingerprint density at radius 3 is 2.70 bits per heavy atom. The molecule has 2 N–H and O–H groups in total. The normalized spacial score (nSPS) is 13.3. The van der Waals surface area contributed by atoms with E-state index in [1.54, 1.807) is 13.1 Å². The first-order valence-electron chi connectivity index (χ1n) is 5.56. The van der Waals surface area contributed by atoms with Crippen LogP contribution in [0.1, 0.15) is 33.2 Å². The van der Waals surface area contributed by atoms with E-state index in [9.17, 15) is 13.2 Å². The van der Waals surface area contributed by atoms with Crippen LogP contribution >= 0.6 is 22.7 Å². The number of sulfonamides is 1. The molecule has 1 unspecified atom stereocenters. The lowest BCUT2D eigenvalue weighted by Gasteiger charge is -2.10. The van der Waals surface area contributed by atoms with Gasteiger partial charge in [0.15, 0.2) is 0 Å². The molecule has 0 aromatic carbocycles. The maximum atomic E-state index is 12.1. The Labute approximate surface area is 124 Å². The molecule has 0 bridgehead atoms. The van der Waals surface area contributed by atoms with E-state index in [1.807, 2.05) is 6.92 Å². The average Bonchev–Trinajstić information content (AvgIpc) is 2.96. The average molecular weight is 332 g/mol. The third kappa shape index (κ3) is 3.23. The summed E-state index contributed by atoms with van der Waals surface area (Å²) in [6, 6.07) is 0.684. The standard InChI is InChI=1S/C11H12N2O4S3/c1-6-4-12-10(19-6)7(2)13-20(16,17)9-3-8(5-18-9)11(14)15/h3-5,7,13H,1-2H3,(H,14,15). The van der Waals surface area contributed by atoms with Crippen LogP contribution < -0.4 is 4.72 Å². The number of aromatic nitrogens is 1. The van der Waals surface area contributed by atoms with Gasteiger partial charge in [0, 0.05) is 16.5 Å². The molecule has 6 nitrogen and oxygen atoms in total. The topological polar surface area (TPSA) is 96.4 Å². The molecule has 9 heteroatoms. The molecule has 1 atom stereocenters. The number of thiophene rings is 1. The molecule has 0 radical (unpaired) electrons. The summed E-state index contributed by atoms with van der Waals surface area (Å²) in [6.45, 7) is 3.59. The van der Waals surface area contributed by atoms with Gasteiger partial charge in [-0.1, -0.05) is 0 Å². The number of thiazole rings is 1. The summed E-state index contributed by atoms with van der Waals surface area (Å²) >= 11 is 2.29. The summed E-state index contributed by atoms with van der Waals surface area (Å²) in [6.07, 6.45) is 1.68. The van der Waals surface area contributed by atoms with Crippen LogP contribution in [0.5, 0.6) is 0 Å². The van der Waals surface area contributed by atoms with Crippen molar-refractivity contribution in [3.05, 3.63) is 33.1 Å². The molecule has 0 aliphatic carbocycles. The number of hydrogen-bond donors (Lipinski definition) is 2. The molecular weight excluding hydrogens is 320 g/mol. The molecule has 2 aromatic rings. The lowest BCUT2D eigenvalue weighted by Crippen LogP contribution is -2.26. The minimum absolute atomic E-state index is 0.0185. The molecule has 0 aliphatic heterocycles. The van der Waals surface area contributed by atoms with E-state index >= 15 is 0 Å². The highest BCUT2D eigenvalue weighted by molar-refractivity contribution is 7.91. The van der Waals surface area contributed by atoms with Gasteiger partial charge in [-0.3, -0.25) is 0 Å². The Hall–Kier alpha value is -1.29. The van der Waals surface area contributed by atoms with Crippen LogP contribution in [0.2, 0.25) is 0 Å². The molecule has 0 amide bonds. The third-order valence-electron chi connectivity index (χ3n) is 2.43. The van der Waals surface area contributed by atoms with Gasteiger partial charge in [-0.05, 0) is 19.9 Å². The predicted octanol–water partition coefficient (Wildman–Crippen LogP) is 2.25. The molecule has 20 heavy (non-hydrogen) atoms. The van der Waals surface area contributed by atoms with E-state index in [0.717, 1.165) is 22.3 Å². The third-order valence-corrected chi connectivity index (χ3v) is 6.50. The highest BCUT2D eigenvalue weighted by Crippen LogP contribution is 2.24. The zero-order valence-electron chi connectivity index (χ0n) is 10.7. The number of nitrogens with one attached hydrogen (secondary N) is 1. The van der Waals surface area contributed by atoms with Crippen LogP contribution in [0.25, 0.3) is 0 Å². The Morgan fingerprint density at radius 1 is 1.50 bits per heavy atom.